The highest BCUT2D eigenvalue weighted by molar-refractivity contribution is 5.87. The quantitative estimate of drug-likeness (QED) is 0.652. The van der Waals surface area contributed by atoms with Gasteiger partial charge in [-0.05, 0) is 61.2 Å². The Morgan fingerprint density at radius 1 is 1.12 bits per heavy atom. The van der Waals surface area contributed by atoms with Gasteiger partial charge in [0.1, 0.15) is 0 Å². The fraction of sp³-hybridized carbons (Fsp3) is 0.174. The second-order valence-electron chi connectivity index (χ2n) is 6.38. The number of hydrogen-bond donors (Lipinski definition) is 1. The smallest absolute Gasteiger partial charge is 0.0707 e. The largest absolute Gasteiger partial charge is 0.388 e. The van der Waals surface area contributed by atoms with Crippen LogP contribution < -0.4 is 5.32 Å². The molecule has 3 aromatic rings. The molecule has 2 heteroatoms. The lowest BCUT2D eigenvalue weighted by molar-refractivity contribution is 1.12. The predicted molar refractivity (Wildman–Crippen MR) is 108 cm³/mol. The van der Waals surface area contributed by atoms with Gasteiger partial charge >= 0.3 is 0 Å². The van der Waals surface area contributed by atoms with Crippen LogP contribution in [0.25, 0.3) is 16.6 Å². The first-order valence-electron chi connectivity index (χ1n) is 8.57. The SMILES string of the molecule is C=C/C=C(\NC)c1cc2c(Cc3ccc(C)cc3)ccnc2cc1C. The second kappa shape index (κ2) is 7.35. The molecule has 1 heterocycles. The summed E-state index contributed by atoms with van der Waals surface area (Å²) in [7, 11) is 1.94. The van der Waals surface area contributed by atoms with Gasteiger partial charge in [-0.1, -0.05) is 42.5 Å². The van der Waals surface area contributed by atoms with Gasteiger partial charge in [0.15, 0.2) is 0 Å². The third-order valence-corrected chi connectivity index (χ3v) is 4.54. The summed E-state index contributed by atoms with van der Waals surface area (Å²) in [5.41, 5.74) is 8.40. The number of rotatable bonds is 5. The first-order chi connectivity index (χ1) is 12.1. The Morgan fingerprint density at radius 3 is 2.56 bits per heavy atom. The van der Waals surface area contributed by atoms with Crippen LogP contribution in [0.4, 0.5) is 0 Å². The van der Waals surface area contributed by atoms with Crippen molar-refractivity contribution in [1.82, 2.24) is 10.3 Å². The molecule has 126 valence electrons. The van der Waals surface area contributed by atoms with Crippen molar-refractivity contribution in [2.75, 3.05) is 7.05 Å². The first kappa shape index (κ1) is 17.0. The monoisotopic (exact) mass is 328 g/mol. The van der Waals surface area contributed by atoms with Crippen molar-refractivity contribution in [3.8, 4) is 0 Å². The average molecular weight is 328 g/mol. The third-order valence-electron chi connectivity index (χ3n) is 4.54. The number of aryl methyl sites for hydroxylation is 2. The molecule has 0 unspecified atom stereocenters. The van der Waals surface area contributed by atoms with Gasteiger partial charge in [-0.3, -0.25) is 4.98 Å². The van der Waals surface area contributed by atoms with Crippen LogP contribution in [-0.2, 0) is 6.42 Å². The number of benzene rings is 2. The zero-order chi connectivity index (χ0) is 17.8. The Morgan fingerprint density at radius 2 is 1.88 bits per heavy atom. The molecule has 2 aromatic carbocycles. The molecule has 0 amide bonds. The van der Waals surface area contributed by atoms with E-state index in [9.17, 15) is 0 Å². The number of nitrogens with zero attached hydrogens (tertiary/aromatic N) is 1. The van der Waals surface area contributed by atoms with Gasteiger partial charge in [0.25, 0.3) is 0 Å². The predicted octanol–water partition coefficient (Wildman–Crippen LogP) is 5.19. The topological polar surface area (TPSA) is 24.9 Å². The van der Waals surface area contributed by atoms with Gasteiger partial charge in [0, 0.05) is 29.9 Å². The van der Waals surface area contributed by atoms with Crippen LogP contribution in [0.3, 0.4) is 0 Å². The highest BCUT2D eigenvalue weighted by Crippen LogP contribution is 2.26. The maximum atomic E-state index is 4.57. The fourth-order valence-electron chi connectivity index (χ4n) is 3.15. The maximum absolute atomic E-state index is 4.57. The van der Waals surface area contributed by atoms with Crippen LogP contribution in [0.15, 0.2) is 67.4 Å². The summed E-state index contributed by atoms with van der Waals surface area (Å²) < 4.78 is 0. The van der Waals surface area contributed by atoms with Crippen molar-refractivity contribution >= 4 is 16.6 Å². The van der Waals surface area contributed by atoms with Crippen LogP contribution >= 0.6 is 0 Å². The van der Waals surface area contributed by atoms with E-state index in [0.717, 1.165) is 17.6 Å². The molecule has 0 aliphatic carbocycles. The van der Waals surface area contributed by atoms with Gasteiger partial charge in [-0.25, -0.2) is 0 Å². The lowest BCUT2D eigenvalue weighted by Crippen LogP contribution is -2.06. The molecule has 0 aliphatic rings. The summed E-state index contributed by atoms with van der Waals surface area (Å²) in [5, 5.41) is 4.47. The number of fused-ring (bicyclic) bond motifs is 1. The fourth-order valence-corrected chi connectivity index (χ4v) is 3.15. The number of hydrogen-bond acceptors (Lipinski definition) is 2. The highest BCUT2D eigenvalue weighted by Gasteiger charge is 2.09. The Balaban J connectivity index is 2.11. The van der Waals surface area contributed by atoms with E-state index in [-0.39, 0.29) is 0 Å². The Labute approximate surface area is 149 Å². The van der Waals surface area contributed by atoms with Gasteiger partial charge < -0.3 is 5.32 Å². The van der Waals surface area contributed by atoms with Crippen molar-refractivity contribution in [1.29, 1.82) is 0 Å². The van der Waals surface area contributed by atoms with Gasteiger partial charge in [0.05, 0.1) is 5.52 Å². The minimum Gasteiger partial charge on any atom is -0.388 e. The van der Waals surface area contributed by atoms with Crippen LogP contribution in [0.2, 0.25) is 0 Å². The molecule has 3 rings (SSSR count). The first-order valence-corrected chi connectivity index (χ1v) is 8.57. The number of nitrogens with one attached hydrogen (secondary N) is 1. The van der Waals surface area contributed by atoms with E-state index in [0.29, 0.717) is 0 Å². The molecule has 0 bridgehead atoms. The maximum Gasteiger partial charge on any atom is 0.0707 e. The molecule has 0 saturated heterocycles. The minimum absolute atomic E-state index is 0.905. The molecule has 0 radical (unpaired) electrons. The summed E-state index contributed by atoms with van der Waals surface area (Å²) in [6, 6.07) is 15.3. The normalized spacial score (nSPS) is 11.6. The minimum atomic E-state index is 0.905. The average Bonchev–Trinajstić information content (AvgIpc) is 2.61. The summed E-state index contributed by atoms with van der Waals surface area (Å²) in [6.45, 7) is 8.06. The molecule has 2 nitrogen and oxygen atoms in total. The van der Waals surface area contributed by atoms with Gasteiger partial charge in [-0.15, -0.1) is 0 Å². The number of allylic oxidation sites excluding steroid dienone is 2. The lowest BCUT2D eigenvalue weighted by atomic mass is 9.96. The molecule has 25 heavy (non-hydrogen) atoms. The van der Waals surface area contributed by atoms with E-state index in [1.807, 2.05) is 25.4 Å². The Bertz CT molecular complexity index is 934. The lowest BCUT2D eigenvalue weighted by Gasteiger charge is -2.14. The van der Waals surface area contributed by atoms with E-state index in [4.69, 9.17) is 0 Å². The Kier molecular flexibility index (Phi) is 4.99. The molecular weight excluding hydrogens is 304 g/mol. The van der Waals surface area contributed by atoms with Crippen LogP contribution in [-0.4, -0.2) is 12.0 Å². The molecule has 1 aromatic heterocycles. The molecule has 0 saturated carbocycles. The second-order valence-corrected chi connectivity index (χ2v) is 6.38. The van der Waals surface area contributed by atoms with Crippen molar-refractivity contribution < 1.29 is 0 Å². The standard InChI is InChI=1S/C23H24N2/c1-5-6-22(24-4)20-15-21-19(11-12-25-23(21)13-17(20)3)14-18-9-7-16(2)8-10-18/h5-13,15,24H,1,14H2,2-4H3/b22-6-. The van der Waals surface area contributed by atoms with Gasteiger partial charge in [0.2, 0.25) is 0 Å². The van der Waals surface area contributed by atoms with E-state index >= 15 is 0 Å². The van der Waals surface area contributed by atoms with E-state index in [1.165, 1.54) is 33.2 Å². The van der Waals surface area contributed by atoms with Crippen LogP contribution in [0.5, 0.6) is 0 Å². The molecular formula is C23H24N2. The third kappa shape index (κ3) is 3.63. The highest BCUT2D eigenvalue weighted by atomic mass is 14.8. The number of pyridine rings is 1. The number of aromatic nitrogens is 1. The molecule has 0 spiro atoms. The zero-order valence-corrected chi connectivity index (χ0v) is 15.1. The van der Waals surface area contributed by atoms with E-state index in [1.54, 1.807) is 0 Å². The van der Waals surface area contributed by atoms with Crippen molar-refractivity contribution in [3.63, 3.8) is 0 Å². The Hall–Kier alpha value is -2.87. The van der Waals surface area contributed by atoms with E-state index < -0.39 is 0 Å². The summed E-state index contributed by atoms with van der Waals surface area (Å²) in [4.78, 5) is 4.57. The molecule has 0 fully saturated rings. The molecule has 1 N–H and O–H groups in total. The summed E-state index contributed by atoms with van der Waals surface area (Å²) >= 11 is 0. The zero-order valence-electron chi connectivity index (χ0n) is 15.1. The van der Waals surface area contributed by atoms with Crippen LogP contribution in [0, 0.1) is 13.8 Å². The van der Waals surface area contributed by atoms with Crippen molar-refractivity contribution in [3.05, 3.63) is 95.2 Å². The van der Waals surface area contributed by atoms with Crippen molar-refractivity contribution in [2.24, 2.45) is 0 Å². The van der Waals surface area contributed by atoms with Crippen LogP contribution in [0.1, 0.15) is 27.8 Å². The molecule has 0 aliphatic heterocycles. The summed E-state index contributed by atoms with van der Waals surface area (Å²) in [5.74, 6) is 0. The molecule has 0 atom stereocenters. The van der Waals surface area contributed by atoms with Gasteiger partial charge in [-0.2, -0.15) is 0 Å². The summed E-state index contributed by atoms with van der Waals surface area (Å²) in [6.07, 6.45) is 6.63. The van der Waals surface area contributed by atoms with E-state index in [2.05, 4.69) is 73.2 Å². The van der Waals surface area contributed by atoms with Crippen molar-refractivity contribution in [2.45, 2.75) is 20.3 Å².